The van der Waals surface area contributed by atoms with Crippen LogP contribution in [0.2, 0.25) is 0 Å². The zero-order valence-electron chi connectivity index (χ0n) is 56.0. The van der Waals surface area contributed by atoms with Gasteiger partial charge in [0, 0.05) is 78.6 Å². The number of halogens is 1. The SMILES string of the molecule is CNC(=O)CCC(CC(=O)COCCOCCNC(=O)CCCS(=O)(=O)NC(=O)CCCCCCCCCCCCCCCc1nn[nH]n1)C(=O)O.Cc1ccc(C(=O)NCCCCC(NC(=O)COCCOCCCC(=O)CCC(C)C(=O)O)C(N)=O)cc1.OF.[3H]C. The van der Waals surface area contributed by atoms with Crippen LogP contribution >= 0.6 is 0 Å². The normalized spacial score (nSPS) is 11.9. The number of primary amides is 1. The molecule has 0 aliphatic heterocycles. The first-order valence-corrected chi connectivity index (χ1v) is 33.4. The molecule has 1 aromatic carbocycles. The van der Waals surface area contributed by atoms with Gasteiger partial charge < -0.3 is 56.2 Å². The number of aromatic nitrogens is 4. The number of carbonyl (C=O) groups is 10. The summed E-state index contributed by atoms with van der Waals surface area (Å²) in [7, 11) is -1.11. The molecule has 3 atom stereocenters. The summed E-state index contributed by atoms with van der Waals surface area (Å²) in [6, 6.07) is 6.43. The first-order chi connectivity index (χ1) is 45.1. The Kier molecular flexibility index (Phi) is 53.4. The standard InChI is InChI=1S/C34H61N7O10S.C27H41N3O8.CH4.FHO/c1-35-31(43)20-19-28(34(46)47)26-29(42)27-51-24-23-50-22-21-36-32(44)18-15-25-52(48,49)39-33(45)17-14-12-10-8-6-4-2-3-5-7-9-11-13-16-30-37-40-41-38-30;1-19-8-11-21(12-9-19)26(34)29-14-4-3-7-23(25(28)33)30-24(32)18-38-17-16-37-15-5-6-22(31)13-10-20(2)27(35)36;;1-2/h28H,2-27H2,1H3,(H,35,43)(H,36,44)(H,39,45)(H,46,47)(H,37,38,40,41);8-9,11-12,20,23H,3-7,10,13-18H2,1-2H3,(H2,28,33)(H,29,34)(H,30,32)(H,35,36);1H4;2H/i;;1T;. The largest absolute Gasteiger partial charge is 0.481 e. The van der Waals surface area contributed by atoms with E-state index in [2.05, 4.69) is 46.6 Å². The number of unbranched alkanes of at least 4 members (excludes halogenated alkanes) is 13. The maximum atomic E-state index is 12.2. The van der Waals surface area contributed by atoms with Gasteiger partial charge in [0.1, 0.15) is 25.0 Å². The van der Waals surface area contributed by atoms with E-state index in [0.717, 1.165) is 43.5 Å². The van der Waals surface area contributed by atoms with Crippen LogP contribution in [-0.2, 0) is 78.5 Å². The smallest absolute Gasteiger partial charge is 0.306 e. The van der Waals surface area contributed by atoms with Crippen LogP contribution in [0.3, 0.4) is 0 Å². The second kappa shape index (κ2) is 57.7. The fraction of sp³-hybridized carbons (Fsp3) is 0.726. The number of nitrogens with zero attached hydrogens (tertiary/aromatic N) is 3. The molecule has 1 heterocycles. The molecule has 93 heavy (non-hydrogen) atoms. The van der Waals surface area contributed by atoms with Crippen LogP contribution in [0, 0.1) is 18.8 Å². The van der Waals surface area contributed by atoms with Crippen molar-refractivity contribution in [3.8, 4) is 0 Å². The molecule has 31 heteroatoms. The van der Waals surface area contributed by atoms with E-state index in [9.17, 15) is 61.5 Å². The maximum absolute atomic E-state index is 12.2. The van der Waals surface area contributed by atoms with Gasteiger partial charge in [0.15, 0.2) is 11.6 Å². The van der Waals surface area contributed by atoms with E-state index in [0.29, 0.717) is 63.7 Å². The molecule has 1 aromatic heterocycles. The van der Waals surface area contributed by atoms with Gasteiger partial charge in [0.2, 0.25) is 39.6 Å². The first kappa shape index (κ1) is 86.1. The maximum Gasteiger partial charge on any atom is 0.306 e. The average molecular weight is 1350 g/mol. The first-order valence-electron chi connectivity index (χ1n) is 32.8. The summed E-state index contributed by atoms with van der Waals surface area (Å²) >= 11 is 0. The monoisotopic (exact) mass is 1350 g/mol. The molecule has 0 aliphatic carbocycles. The number of ether oxygens (including phenoxy) is 4. The molecule has 0 saturated carbocycles. The number of ketones is 2. The molecule has 0 spiro atoms. The number of hydrogen-bond donors (Lipinski definition) is 10. The number of carbonyl (C=O) groups excluding carboxylic acids is 8. The van der Waals surface area contributed by atoms with Crippen LogP contribution < -0.4 is 31.7 Å². The Morgan fingerprint density at radius 3 is 1.77 bits per heavy atom. The molecule has 0 saturated heterocycles. The van der Waals surface area contributed by atoms with Gasteiger partial charge >= 0.3 is 11.9 Å². The number of nitrogens with one attached hydrogen (secondary N) is 6. The second-order valence-electron chi connectivity index (χ2n) is 22.1. The number of hydrogen-bond acceptors (Lipinski definition) is 20. The molecular weight excluding hydrogens is 1240 g/mol. The van der Waals surface area contributed by atoms with Crippen molar-refractivity contribution in [2.75, 3.05) is 78.7 Å². The number of aromatic amines is 1. The number of aryl methyl sites for hydroxylation is 2. The highest BCUT2D eigenvalue weighted by Gasteiger charge is 2.23. The Labute approximate surface area is 548 Å². The van der Waals surface area contributed by atoms with Crippen molar-refractivity contribution < 1.29 is 96.7 Å². The minimum Gasteiger partial charge on any atom is -0.481 e. The number of H-pyrrole nitrogens is 1. The fourth-order valence-corrected chi connectivity index (χ4v) is 9.80. The van der Waals surface area contributed by atoms with Crippen LogP contribution in [0.5, 0.6) is 0 Å². The van der Waals surface area contributed by atoms with Crippen molar-refractivity contribution in [1.82, 2.24) is 46.6 Å². The zero-order valence-corrected chi connectivity index (χ0v) is 55.8. The summed E-state index contributed by atoms with van der Waals surface area (Å²) in [6.45, 7) is 4.79. The lowest BCUT2D eigenvalue weighted by Gasteiger charge is -2.15. The molecule has 11 N–H and O–H groups in total. The van der Waals surface area contributed by atoms with Crippen LogP contribution in [0.4, 0.5) is 4.53 Å². The van der Waals surface area contributed by atoms with E-state index in [1.165, 1.54) is 65.8 Å². The molecule has 29 nitrogen and oxygen atoms in total. The number of tetrazole rings is 1. The molecule has 0 aliphatic rings. The number of sulfonamides is 1. The van der Waals surface area contributed by atoms with Crippen LogP contribution in [0.15, 0.2) is 24.3 Å². The Morgan fingerprint density at radius 1 is 0.613 bits per heavy atom. The van der Waals surface area contributed by atoms with E-state index >= 15 is 0 Å². The number of benzene rings is 1. The molecule has 3 unspecified atom stereocenters. The molecule has 0 fully saturated rings. The van der Waals surface area contributed by atoms with Crippen LogP contribution in [0.1, 0.15) is 204 Å². The Morgan fingerprint density at radius 2 is 1.19 bits per heavy atom. The minimum absolute atomic E-state index is 0.00521. The molecule has 2 aromatic rings. The highest BCUT2D eigenvalue weighted by atomic mass is 32.2. The number of carboxylic acid groups (broad SMARTS) is 2. The third-order valence-electron chi connectivity index (χ3n) is 14.1. The average Bonchev–Trinajstić information content (AvgIpc) is 1.89. The Hall–Kier alpha value is -6.93. The summed E-state index contributed by atoms with van der Waals surface area (Å²) in [5, 5.41) is 47.9. The number of aliphatic carboxylic acids is 2. The number of amides is 6. The van der Waals surface area contributed by atoms with Crippen LogP contribution in [0.25, 0.3) is 0 Å². The molecular formula is C62H107FN10O19S. The van der Waals surface area contributed by atoms with E-state index < -0.39 is 63.3 Å². The fourth-order valence-electron chi connectivity index (χ4n) is 8.72. The third-order valence-corrected chi connectivity index (χ3v) is 15.5. The summed E-state index contributed by atoms with van der Waals surface area (Å²) in [4.78, 5) is 117. The van der Waals surface area contributed by atoms with Crippen molar-refractivity contribution in [3.63, 3.8) is 0 Å². The van der Waals surface area contributed by atoms with Gasteiger partial charge in [-0.3, -0.25) is 52.7 Å². The summed E-state index contributed by atoms with van der Waals surface area (Å²) < 4.78 is 61.9. The summed E-state index contributed by atoms with van der Waals surface area (Å²) in [6.07, 6.45) is 18.5. The highest BCUT2D eigenvalue weighted by Crippen LogP contribution is 2.16. The molecule has 532 valence electrons. The van der Waals surface area contributed by atoms with E-state index in [4.69, 9.17) is 41.0 Å². The van der Waals surface area contributed by atoms with Gasteiger partial charge in [-0.05, 0) is 76.8 Å². The predicted octanol–water partition coefficient (Wildman–Crippen LogP) is 5.01. The molecule has 6 amide bonds. The van der Waals surface area contributed by atoms with Gasteiger partial charge in [-0.1, -0.05) is 112 Å². The van der Waals surface area contributed by atoms with Crippen molar-refractivity contribution in [2.24, 2.45) is 17.6 Å². The number of nitrogens with two attached hydrogens (primary N) is 1. The highest BCUT2D eigenvalue weighted by molar-refractivity contribution is 7.90. The predicted molar refractivity (Wildman–Crippen MR) is 343 cm³/mol. The van der Waals surface area contributed by atoms with Gasteiger partial charge in [-0.15, -0.1) is 10.2 Å². The number of rotatable bonds is 56. The van der Waals surface area contributed by atoms with Crippen LogP contribution in [-0.4, -0.2) is 188 Å². The van der Waals surface area contributed by atoms with Gasteiger partial charge in [0.05, 0.1) is 50.6 Å². The Bertz CT molecular complexity index is 2510. The zero-order chi connectivity index (χ0) is 70.6. The minimum atomic E-state index is -3.81. The molecule has 2 rings (SSSR count). The lowest BCUT2D eigenvalue weighted by Crippen LogP contribution is -2.45. The van der Waals surface area contributed by atoms with Crippen molar-refractivity contribution in [3.05, 3.63) is 41.2 Å². The van der Waals surface area contributed by atoms with Crippen molar-refractivity contribution in [2.45, 2.75) is 201 Å². The summed E-state index contributed by atoms with van der Waals surface area (Å²) in [5.41, 5.74) is 7.05. The van der Waals surface area contributed by atoms with Crippen molar-refractivity contribution >= 4 is 69.0 Å². The van der Waals surface area contributed by atoms with E-state index in [1.54, 1.807) is 19.1 Å². The van der Waals surface area contributed by atoms with E-state index in [-0.39, 0.29) is 127 Å². The lowest BCUT2D eigenvalue weighted by atomic mass is 9.97. The van der Waals surface area contributed by atoms with E-state index in [1.807, 2.05) is 19.1 Å². The third kappa shape index (κ3) is 52.2. The van der Waals surface area contributed by atoms with Crippen molar-refractivity contribution in [1.29, 1.82) is 0 Å². The number of carboxylic acids is 2. The number of Topliss-reactive ketones (excluding diaryl/α,β-unsaturated/α-hetero) is 2. The quantitative estimate of drug-likeness (QED) is 0.0389. The Balaban J connectivity index is 0. The van der Waals surface area contributed by atoms with Gasteiger partial charge in [-0.25, -0.2) is 13.7 Å². The van der Waals surface area contributed by atoms with Gasteiger partial charge in [0.25, 0.3) is 5.91 Å². The molecule has 0 radical (unpaired) electrons. The van der Waals surface area contributed by atoms with Gasteiger partial charge in [-0.2, -0.15) is 5.21 Å². The second-order valence-corrected chi connectivity index (χ2v) is 23.9. The lowest BCUT2D eigenvalue weighted by molar-refractivity contribution is -0.145. The summed E-state index contributed by atoms with van der Waals surface area (Å²) in [5.74, 6) is -5.93. The molecule has 0 bridgehead atoms. The topological polar surface area (TPSA) is 443 Å².